The Morgan fingerprint density at radius 2 is 1.86 bits per heavy atom. The molecule has 1 aromatic heterocycles. The molecule has 3 atom stereocenters. The molecule has 7 nitrogen and oxygen atoms in total. The number of amides is 2. The van der Waals surface area contributed by atoms with Gasteiger partial charge in [-0.05, 0) is 42.0 Å². The molecule has 1 unspecified atom stereocenters. The van der Waals surface area contributed by atoms with Crippen LogP contribution in [0.1, 0.15) is 76.5 Å². The highest BCUT2D eigenvalue weighted by atomic mass is 19.1. The highest BCUT2D eigenvalue weighted by molar-refractivity contribution is 6.04. The van der Waals surface area contributed by atoms with Gasteiger partial charge in [-0.2, -0.15) is 5.26 Å². The Hall–Kier alpha value is -3.47. The summed E-state index contributed by atoms with van der Waals surface area (Å²) in [5, 5.41) is 12.8. The molecule has 0 spiro atoms. The monoisotopic (exact) mass is 505 g/mol. The van der Waals surface area contributed by atoms with E-state index in [0.717, 1.165) is 37.7 Å². The molecule has 1 N–H and O–H groups in total. The first-order valence-electron chi connectivity index (χ1n) is 13.1. The largest absolute Gasteiger partial charge is 0.351 e. The SMILES string of the molecule is CC(C)(C)c1ccc(N(C(=O)[C@H]2C[C@@H](F)CN2C#N)C(C(=O)NC2CCCCC2)c2cccnc2)cc1. The van der Waals surface area contributed by atoms with Gasteiger partial charge in [-0.25, -0.2) is 4.39 Å². The zero-order valence-corrected chi connectivity index (χ0v) is 21.9. The van der Waals surface area contributed by atoms with Gasteiger partial charge in [0.1, 0.15) is 18.3 Å². The second kappa shape index (κ2) is 11.3. The van der Waals surface area contributed by atoms with Gasteiger partial charge in [0.15, 0.2) is 6.19 Å². The molecule has 1 aromatic carbocycles. The van der Waals surface area contributed by atoms with Crippen LogP contribution < -0.4 is 10.2 Å². The Kier molecular flexibility index (Phi) is 8.11. The molecule has 37 heavy (non-hydrogen) atoms. The Morgan fingerprint density at radius 1 is 1.16 bits per heavy atom. The van der Waals surface area contributed by atoms with Gasteiger partial charge in [0.05, 0.1) is 6.54 Å². The standard InChI is InChI=1S/C29H36FN5O2/c1-29(2,3)21-11-13-24(14-12-21)35(28(37)25-16-22(30)18-34(25)19-31)26(20-8-7-15-32-17-20)27(36)33-23-9-5-4-6-10-23/h7-8,11-15,17,22-23,25-26H,4-6,9-10,16,18H2,1-3H3,(H,33,36)/t22-,25-,26?/m1/s1. The number of anilines is 1. The molecule has 4 rings (SSSR count). The van der Waals surface area contributed by atoms with Crippen LogP contribution in [0.25, 0.3) is 0 Å². The molecular formula is C29H36FN5O2. The average Bonchev–Trinajstić information content (AvgIpc) is 3.28. The number of benzene rings is 1. The lowest BCUT2D eigenvalue weighted by Gasteiger charge is -2.35. The Morgan fingerprint density at radius 3 is 2.46 bits per heavy atom. The maximum Gasteiger partial charge on any atom is 0.251 e. The number of hydrogen-bond acceptors (Lipinski definition) is 5. The summed E-state index contributed by atoms with van der Waals surface area (Å²) in [5.41, 5.74) is 2.06. The van der Waals surface area contributed by atoms with E-state index in [9.17, 15) is 19.2 Å². The molecule has 2 aromatic rings. The lowest BCUT2D eigenvalue weighted by molar-refractivity contribution is -0.128. The first-order chi connectivity index (χ1) is 17.7. The molecule has 0 bridgehead atoms. The van der Waals surface area contributed by atoms with Crippen LogP contribution in [0, 0.1) is 11.5 Å². The summed E-state index contributed by atoms with van der Waals surface area (Å²) in [5.74, 6) is -0.774. The van der Waals surface area contributed by atoms with E-state index in [1.807, 2.05) is 30.5 Å². The van der Waals surface area contributed by atoms with Crippen molar-refractivity contribution >= 4 is 17.5 Å². The number of hydrogen-bond donors (Lipinski definition) is 1. The molecule has 196 valence electrons. The summed E-state index contributed by atoms with van der Waals surface area (Å²) in [4.78, 5) is 34.9. The summed E-state index contributed by atoms with van der Waals surface area (Å²) >= 11 is 0. The first kappa shape index (κ1) is 26.6. The maximum atomic E-state index is 14.4. The fraction of sp³-hybridized carbons (Fsp3) is 0.517. The number of nitriles is 1. The van der Waals surface area contributed by atoms with Crippen molar-refractivity contribution in [3.05, 3.63) is 59.9 Å². The van der Waals surface area contributed by atoms with Gasteiger partial charge in [-0.1, -0.05) is 58.2 Å². The van der Waals surface area contributed by atoms with Crippen molar-refractivity contribution in [2.24, 2.45) is 0 Å². The summed E-state index contributed by atoms with van der Waals surface area (Å²) in [6.07, 6.45) is 8.85. The highest BCUT2D eigenvalue weighted by Gasteiger charge is 2.43. The van der Waals surface area contributed by atoms with Gasteiger partial charge in [-0.15, -0.1) is 0 Å². The van der Waals surface area contributed by atoms with Crippen molar-refractivity contribution in [3.8, 4) is 6.19 Å². The number of carbonyl (C=O) groups is 2. The van der Waals surface area contributed by atoms with Crippen molar-refractivity contribution in [3.63, 3.8) is 0 Å². The van der Waals surface area contributed by atoms with Crippen molar-refractivity contribution in [1.82, 2.24) is 15.2 Å². The molecule has 1 saturated heterocycles. The van der Waals surface area contributed by atoms with E-state index in [0.29, 0.717) is 11.3 Å². The van der Waals surface area contributed by atoms with Gasteiger partial charge >= 0.3 is 0 Å². The zero-order chi connectivity index (χ0) is 26.6. The minimum atomic E-state index is -1.29. The van der Waals surface area contributed by atoms with E-state index in [1.54, 1.807) is 24.5 Å². The van der Waals surface area contributed by atoms with Crippen LogP contribution in [0.2, 0.25) is 0 Å². The fourth-order valence-corrected chi connectivity index (χ4v) is 5.30. The number of carbonyl (C=O) groups excluding carboxylic acids is 2. The van der Waals surface area contributed by atoms with Gasteiger partial charge in [0.2, 0.25) is 5.91 Å². The molecular weight excluding hydrogens is 469 g/mol. The fourth-order valence-electron chi connectivity index (χ4n) is 5.30. The molecule has 0 radical (unpaired) electrons. The minimum absolute atomic E-state index is 0.0398. The number of nitrogens with zero attached hydrogens (tertiary/aromatic N) is 4. The second-order valence-corrected chi connectivity index (χ2v) is 11.1. The molecule has 1 aliphatic heterocycles. The number of likely N-dealkylation sites (tertiary alicyclic amines) is 1. The van der Waals surface area contributed by atoms with E-state index in [1.165, 1.54) is 9.80 Å². The smallest absolute Gasteiger partial charge is 0.251 e. The molecule has 8 heteroatoms. The van der Waals surface area contributed by atoms with Gasteiger partial charge < -0.3 is 5.32 Å². The number of pyridine rings is 1. The Labute approximate surface area is 218 Å². The van der Waals surface area contributed by atoms with E-state index in [4.69, 9.17) is 0 Å². The quantitative estimate of drug-likeness (QED) is 0.570. The third-order valence-corrected chi connectivity index (χ3v) is 7.37. The third kappa shape index (κ3) is 6.10. The number of aromatic nitrogens is 1. The molecule has 2 fully saturated rings. The maximum absolute atomic E-state index is 14.4. The molecule has 2 amide bonds. The summed E-state index contributed by atoms with van der Waals surface area (Å²) in [6.45, 7) is 6.18. The predicted molar refractivity (Wildman–Crippen MR) is 140 cm³/mol. The second-order valence-electron chi connectivity index (χ2n) is 11.1. The van der Waals surface area contributed by atoms with Crippen LogP contribution in [0.3, 0.4) is 0 Å². The number of nitrogens with one attached hydrogen (secondary N) is 1. The minimum Gasteiger partial charge on any atom is -0.351 e. The van der Waals surface area contributed by atoms with Crippen LogP contribution >= 0.6 is 0 Å². The van der Waals surface area contributed by atoms with Crippen LogP contribution in [0.4, 0.5) is 10.1 Å². The molecule has 2 aliphatic rings. The number of halogens is 1. The molecule has 1 aliphatic carbocycles. The van der Waals surface area contributed by atoms with Crippen LogP contribution in [-0.4, -0.2) is 46.5 Å². The predicted octanol–water partition coefficient (Wildman–Crippen LogP) is 4.80. The lowest BCUT2D eigenvalue weighted by atomic mass is 9.87. The van der Waals surface area contributed by atoms with Crippen LogP contribution in [0.5, 0.6) is 0 Å². The van der Waals surface area contributed by atoms with Crippen molar-refractivity contribution in [1.29, 1.82) is 5.26 Å². The van der Waals surface area contributed by atoms with E-state index in [2.05, 4.69) is 31.1 Å². The van der Waals surface area contributed by atoms with Crippen molar-refractivity contribution in [2.45, 2.75) is 89.0 Å². The summed E-state index contributed by atoms with van der Waals surface area (Å²) in [6, 6.07) is 9.10. The van der Waals surface area contributed by atoms with E-state index in [-0.39, 0.29) is 30.3 Å². The van der Waals surface area contributed by atoms with Crippen molar-refractivity contribution < 1.29 is 14.0 Å². The topological polar surface area (TPSA) is 89.3 Å². The van der Waals surface area contributed by atoms with Crippen LogP contribution in [-0.2, 0) is 15.0 Å². The summed E-state index contributed by atoms with van der Waals surface area (Å²) in [7, 11) is 0. The normalized spacial score (nSPS) is 21.2. The van der Waals surface area contributed by atoms with E-state index >= 15 is 0 Å². The number of rotatable bonds is 6. The highest BCUT2D eigenvalue weighted by Crippen LogP contribution is 2.34. The van der Waals surface area contributed by atoms with Gasteiger partial charge in [-0.3, -0.25) is 24.4 Å². The number of alkyl halides is 1. The Bertz CT molecular complexity index is 1120. The van der Waals surface area contributed by atoms with E-state index < -0.39 is 24.2 Å². The molecule has 1 saturated carbocycles. The average molecular weight is 506 g/mol. The lowest BCUT2D eigenvalue weighted by Crippen LogP contribution is -2.51. The third-order valence-electron chi connectivity index (χ3n) is 7.37. The van der Waals surface area contributed by atoms with Gasteiger partial charge in [0, 0.05) is 36.1 Å². The summed E-state index contributed by atoms with van der Waals surface area (Å²) < 4.78 is 14.4. The van der Waals surface area contributed by atoms with Gasteiger partial charge in [0.25, 0.3) is 5.91 Å². The van der Waals surface area contributed by atoms with Crippen molar-refractivity contribution in [2.75, 3.05) is 11.4 Å². The zero-order valence-electron chi connectivity index (χ0n) is 21.9. The first-order valence-corrected chi connectivity index (χ1v) is 13.1. The molecule has 2 heterocycles. The Balaban J connectivity index is 1.78. The van der Waals surface area contributed by atoms with Crippen LogP contribution in [0.15, 0.2) is 48.8 Å².